The van der Waals surface area contributed by atoms with E-state index < -0.39 is 18.5 Å². The number of furan rings is 1. The third kappa shape index (κ3) is 5.92. The average molecular weight is 500 g/mol. The summed E-state index contributed by atoms with van der Waals surface area (Å²) in [6.07, 6.45) is 2.51. The molecule has 1 N–H and O–H groups in total. The van der Waals surface area contributed by atoms with Crippen LogP contribution in [-0.4, -0.2) is 41.7 Å². The van der Waals surface area contributed by atoms with Crippen LogP contribution in [0, 0.1) is 0 Å². The van der Waals surface area contributed by atoms with Gasteiger partial charge in [0, 0.05) is 30.0 Å². The van der Waals surface area contributed by atoms with E-state index in [1.165, 1.54) is 5.01 Å². The molecule has 8 nitrogen and oxygen atoms in total. The van der Waals surface area contributed by atoms with E-state index in [9.17, 15) is 14.4 Å². The van der Waals surface area contributed by atoms with E-state index >= 15 is 0 Å². The Morgan fingerprint density at radius 1 is 1.18 bits per heavy atom. The van der Waals surface area contributed by atoms with Gasteiger partial charge in [-0.25, -0.2) is 5.01 Å². The van der Waals surface area contributed by atoms with Crippen molar-refractivity contribution >= 4 is 46.4 Å². The molecule has 0 spiro atoms. The lowest BCUT2D eigenvalue weighted by molar-refractivity contribution is -0.153. The number of hydrazone groups is 1. The number of carbonyl (C=O) groups is 3. The minimum atomic E-state index is -0.523. The number of hydrogen-bond acceptors (Lipinski definition) is 7. The van der Waals surface area contributed by atoms with Crippen LogP contribution >= 0.6 is 22.9 Å². The summed E-state index contributed by atoms with van der Waals surface area (Å²) in [5.41, 5.74) is 1.27. The molecule has 0 aliphatic carbocycles. The summed E-state index contributed by atoms with van der Waals surface area (Å²) in [7, 11) is 0. The van der Waals surface area contributed by atoms with Crippen molar-refractivity contribution in [3.05, 3.63) is 81.4 Å². The van der Waals surface area contributed by atoms with E-state index in [-0.39, 0.29) is 18.4 Å². The molecule has 0 saturated carbocycles. The molecule has 0 saturated heterocycles. The molecule has 0 bridgehead atoms. The van der Waals surface area contributed by atoms with Crippen molar-refractivity contribution in [1.82, 2.24) is 10.3 Å². The van der Waals surface area contributed by atoms with Crippen molar-refractivity contribution in [3.8, 4) is 0 Å². The second kappa shape index (κ2) is 11.1. The summed E-state index contributed by atoms with van der Waals surface area (Å²) in [6.45, 7) is -0.125. The zero-order valence-corrected chi connectivity index (χ0v) is 19.7. The highest BCUT2D eigenvalue weighted by molar-refractivity contribution is 7.12. The van der Waals surface area contributed by atoms with Crippen LogP contribution in [0.2, 0.25) is 5.02 Å². The van der Waals surface area contributed by atoms with Gasteiger partial charge in [-0.3, -0.25) is 14.4 Å². The van der Waals surface area contributed by atoms with E-state index in [1.807, 2.05) is 17.5 Å². The first-order chi connectivity index (χ1) is 16.5. The number of thiophene rings is 1. The first-order valence-corrected chi connectivity index (χ1v) is 11.9. The molecule has 1 aliphatic rings. The lowest BCUT2D eigenvalue weighted by Gasteiger charge is -2.19. The molecule has 2 aromatic heterocycles. The number of halogens is 1. The van der Waals surface area contributed by atoms with E-state index in [0.717, 1.165) is 10.6 Å². The molecular weight excluding hydrogens is 478 g/mol. The minimum absolute atomic E-state index is 0.0690. The molecule has 2 amide bonds. The molecule has 4 rings (SSSR count). The Bertz CT molecular complexity index is 1160. The van der Waals surface area contributed by atoms with Crippen LogP contribution in [-0.2, 0) is 14.3 Å². The predicted octanol–water partition coefficient (Wildman–Crippen LogP) is 4.43. The van der Waals surface area contributed by atoms with Gasteiger partial charge < -0.3 is 14.5 Å². The number of nitrogens with zero attached hydrogens (tertiary/aromatic N) is 2. The molecule has 10 heteroatoms. The minimum Gasteiger partial charge on any atom is -0.467 e. The van der Waals surface area contributed by atoms with Gasteiger partial charge in [-0.05, 0) is 54.3 Å². The quantitative estimate of drug-likeness (QED) is 0.347. The maximum atomic E-state index is 12.8. The zero-order chi connectivity index (χ0) is 23.9. The SMILES string of the molecule is O=C(CCCNC(=O)c1ccc(Cl)cc1)OCC(=O)N1N=C(c2cccs2)CC1c1ccco1. The van der Waals surface area contributed by atoms with Crippen LogP contribution in [0.15, 0.2) is 69.7 Å². The van der Waals surface area contributed by atoms with E-state index in [2.05, 4.69) is 10.4 Å². The molecular formula is C24H22ClN3O5S. The van der Waals surface area contributed by atoms with Crippen molar-refractivity contribution < 1.29 is 23.5 Å². The fraction of sp³-hybridized carbons (Fsp3) is 0.250. The largest absolute Gasteiger partial charge is 0.467 e. The van der Waals surface area contributed by atoms with E-state index in [4.69, 9.17) is 20.8 Å². The molecule has 1 atom stereocenters. The van der Waals surface area contributed by atoms with Gasteiger partial charge in [0.15, 0.2) is 6.61 Å². The Labute approximate surface area is 205 Å². The number of benzene rings is 1. The van der Waals surface area contributed by atoms with Gasteiger partial charge in [0.2, 0.25) is 0 Å². The van der Waals surface area contributed by atoms with Gasteiger partial charge in [-0.2, -0.15) is 5.10 Å². The summed E-state index contributed by atoms with van der Waals surface area (Å²) in [5, 5.41) is 11.0. The molecule has 1 aromatic carbocycles. The summed E-state index contributed by atoms with van der Waals surface area (Å²) >= 11 is 7.36. The summed E-state index contributed by atoms with van der Waals surface area (Å²) in [6, 6.07) is 13.5. The van der Waals surface area contributed by atoms with Crippen LogP contribution in [0.1, 0.15) is 46.3 Å². The molecule has 0 radical (unpaired) electrons. The molecule has 3 aromatic rings. The number of ether oxygens (including phenoxy) is 1. The van der Waals surface area contributed by atoms with Crippen molar-refractivity contribution in [1.29, 1.82) is 0 Å². The summed E-state index contributed by atoms with van der Waals surface area (Å²) in [4.78, 5) is 37.9. The lowest BCUT2D eigenvalue weighted by atomic mass is 10.1. The first-order valence-electron chi connectivity index (χ1n) is 10.7. The summed E-state index contributed by atoms with van der Waals surface area (Å²) < 4.78 is 10.7. The monoisotopic (exact) mass is 499 g/mol. The number of amides is 2. The molecule has 0 fully saturated rings. The third-order valence-corrected chi connectivity index (χ3v) is 6.32. The Kier molecular flexibility index (Phi) is 7.76. The summed E-state index contributed by atoms with van der Waals surface area (Å²) in [5.74, 6) is -0.591. The van der Waals surface area contributed by atoms with E-state index in [1.54, 1.807) is 54.0 Å². The second-order valence-corrected chi connectivity index (χ2v) is 8.91. The average Bonchev–Trinajstić information content (AvgIpc) is 3.61. The predicted molar refractivity (Wildman–Crippen MR) is 128 cm³/mol. The molecule has 1 unspecified atom stereocenters. The van der Waals surface area contributed by atoms with Crippen LogP contribution < -0.4 is 5.32 Å². The fourth-order valence-corrected chi connectivity index (χ4v) is 4.30. The second-order valence-electron chi connectivity index (χ2n) is 7.52. The molecule has 34 heavy (non-hydrogen) atoms. The highest BCUT2D eigenvalue weighted by atomic mass is 35.5. The number of carbonyl (C=O) groups excluding carboxylic acids is 3. The van der Waals surface area contributed by atoms with Crippen LogP contribution in [0.4, 0.5) is 0 Å². The smallest absolute Gasteiger partial charge is 0.306 e. The van der Waals surface area contributed by atoms with Crippen LogP contribution in [0.5, 0.6) is 0 Å². The molecule has 176 valence electrons. The van der Waals surface area contributed by atoms with Crippen molar-refractivity contribution in [2.24, 2.45) is 5.10 Å². The van der Waals surface area contributed by atoms with Gasteiger partial charge in [-0.1, -0.05) is 17.7 Å². The highest BCUT2D eigenvalue weighted by Crippen LogP contribution is 2.34. The first kappa shape index (κ1) is 23.7. The van der Waals surface area contributed by atoms with Crippen molar-refractivity contribution in [3.63, 3.8) is 0 Å². The zero-order valence-electron chi connectivity index (χ0n) is 18.1. The van der Waals surface area contributed by atoms with Gasteiger partial charge in [0.1, 0.15) is 11.8 Å². The normalized spacial score (nSPS) is 15.1. The van der Waals surface area contributed by atoms with Gasteiger partial charge >= 0.3 is 5.97 Å². The number of hydrogen-bond donors (Lipinski definition) is 1. The number of esters is 1. The van der Waals surface area contributed by atoms with Gasteiger partial charge in [0.05, 0.1) is 16.9 Å². The topological polar surface area (TPSA) is 101 Å². The van der Waals surface area contributed by atoms with Gasteiger partial charge in [0.25, 0.3) is 11.8 Å². The Morgan fingerprint density at radius 3 is 2.71 bits per heavy atom. The van der Waals surface area contributed by atoms with Crippen LogP contribution in [0.3, 0.4) is 0 Å². The van der Waals surface area contributed by atoms with Crippen molar-refractivity contribution in [2.45, 2.75) is 25.3 Å². The standard InChI is InChI=1S/C24H22ClN3O5S/c25-17-9-7-16(8-10-17)24(31)26-11-1-6-23(30)33-15-22(29)28-19(20-4-2-12-32-20)14-18(27-28)21-5-3-13-34-21/h2-5,7-10,12-13,19H,1,6,11,14-15H2,(H,26,31). The number of rotatable bonds is 9. The Morgan fingerprint density at radius 2 is 2.00 bits per heavy atom. The molecule has 1 aliphatic heterocycles. The number of nitrogens with one attached hydrogen (secondary N) is 1. The maximum Gasteiger partial charge on any atom is 0.306 e. The van der Waals surface area contributed by atoms with Crippen molar-refractivity contribution in [2.75, 3.05) is 13.2 Å². The third-order valence-electron chi connectivity index (χ3n) is 5.15. The van der Waals surface area contributed by atoms with Crippen LogP contribution in [0.25, 0.3) is 0 Å². The maximum absolute atomic E-state index is 12.8. The molecule has 3 heterocycles. The lowest BCUT2D eigenvalue weighted by Crippen LogP contribution is -2.31. The fourth-order valence-electron chi connectivity index (χ4n) is 3.45. The Balaban J connectivity index is 1.24. The Hall–Kier alpha value is -3.43. The highest BCUT2D eigenvalue weighted by Gasteiger charge is 2.35. The van der Waals surface area contributed by atoms with E-state index in [0.29, 0.717) is 35.7 Å². The van der Waals surface area contributed by atoms with Gasteiger partial charge in [-0.15, -0.1) is 11.3 Å².